The Hall–Kier alpha value is -2.73. The molecule has 3 aromatic rings. The van der Waals surface area contributed by atoms with E-state index in [1.165, 1.54) is 11.8 Å². The molecule has 0 aliphatic carbocycles. The van der Waals surface area contributed by atoms with Crippen LogP contribution < -0.4 is 10.1 Å². The third-order valence-corrected chi connectivity index (χ3v) is 4.71. The van der Waals surface area contributed by atoms with Crippen LogP contribution in [-0.4, -0.2) is 28.1 Å². The predicted octanol–water partition coefficient (Wildman–Crippen LogP) is 4.06. The maximum atomic E-state index is 5.27. The summed E-state index contributed by atoms with van der Waals surface area (Å²) in [6, 6.07) is 18.3. The van der Waals surface area contributed by atoms with Crippen molar-refractivity contribution in [1.29, 1.82) is 0 Å². The largest absolute Gasteiger partial charge is 0.497 e. The molecule has 4 rings (SSSR count). The standard InChI is InChI=1S/C19H18N4OS/c1-24-15-10-8-14(9-11-15)17-12-16(13-6-4-3-5-7-13)20-18-21-19(25-2)22-23(17)18/h3-12,17H,1-2H3,(H,20,21,22)/t17-/m0/s1. The minimum Gasteiger partial charge on any atom is -0.497 e. The lowest BCUT2D eigenvalue weighted by atomic mass is 10.0. The van der Waals surface area contributed by atoms with Crippen LogP contribution in [-0.2, 0) is 0 Å². The molecule has 0 spiro atoms. The summed E-state index contributed by atoms with van der Waals surface area (Å²) in [4.78, 5) is 4.59. The Morgan fingerprint density at radius 1 is 1.08 bits per heavy atom. The second-order valence-electron chi connectivity index (χ2n) is 5.66. The van der Waals surface area contributed by atoms with Gasteiger partial charge in [-0.05, 0) is 35.6 Å². The number of thioether (sulfide) groups is 1. The van der Waals surface area contributed by atoms with Crippen molar-refractivity contribution in [2.24, 2.45) is 0 Å². The summed E-state index contributed by atoms with van der Waals surface area (Å²) < 4.78 is 7.20. The first-order chi connectivity index (χ1) is 12.3. The van der Waals surface area contributed by atoms with Gasteiger partial charge in [0.25, 0.3) is 0 Å². The van der Waals surface area contributed by atoms with Gasteiger partial charge >= 0.3 is 0 Å². The molecule has 0 unspecified atom stereocenters. The van der Waals surface area contributed by atoms with Crippen LogP contribution in [0.3, 0.4) is 0 Å². The summed E-state index contributed by atoms with van der Waals surface area (Å²) in [5, 5.41) is 8.78. The van der Waals surface area contributed by atoms with E-state index in [-0.39, 0.29) is 6.04 Å². The second kappa shape index (κ2) is 6.64. The molecule has 1 aromatic heterocycles. The number of ether oxygens (including phenoxy) is 1. The molecule has 1 aliphatic rings. The predicted molar refractivity (Wildman–Crippen MR) is 101 cm³/mol. The highest BCUT2D eigenvalue weighted by Crippen LogP contribution is 2.34. The van der Waals surface area contributed by atoms with Crippen molar-refractivity contribution in [1.82, 2.24) is 14.8 Å². The number of nitrogens with one attached hydrogen (secondary N) is 1. The Labute approximate surface area is 150 Å². The molecule has 1 atom stereocenters. The van der Waals surface area contributed by atoms with Gasteiger partial charge < -0.3 is 10.1 Å². The molecule has 2 aromatic carbocycles. The van der Waals surface area contributed by atoms with Gasteiger partial charge in [-0.3, -0.25) is 0 Å². The zero-order valence-corrected chi connectivity index (χ0v) is 14.8. The van der Waals surface area contributed by atoms with E-state index < -0.39 is 0 Å². The number of nitrogens with zero attached hydrogens (tertiary/aromatic N) is 3. The Morgan fingerprint density at radius 3 is 2.52 bits per heavy atom. The van der Waals surface area contributed by atoms with Gasteiger partial charge in [0.05, 0.1) is 7.11 Å². The first kappa shape index (κ1) is 15.8. The molecule has 1 N–H and O–H groups in total. The lowest BCUT2D eigenvalue weighted by Crippen LogP contribution is -2.20. The average molecular weight is 350 g/mol. The first-order valence-corrected chi connectivity index (χ1v) is 9.19. The number of rotatable bonds is 4. The second-order valence-corrected chi connectivity index (χ2v) is 6.43. The molecule has 6 heteroatoms. The van der Waals surface area contributed by atoms with Crippen molar-refractivity contribution in [2.75, 3.05) is 18.7 Å². The summed E-state index contributed by atoms with van der Waals surface area (Å²) in [5.41, 5.74) is 3.30. The fraction of sp³-hybridized carbons (Fsp3) is 0.158. The molecular formula is C19H18N4OS. The fourth-order valence-electron chi connectivity index (χ4n) is 2.88. The fourth-order valence-corrected chi connectivity index (χ4v) is 3.23. The first-order valence-electron chi connectivity index (χ1n) is 7.97. The SMILES string of the molecule is COc1ccc([C@@H]2C=C(c3ccccc3)Nc3nc(SC)nn32)cc1. The molecule has 25 heavy (non-hydrogen) atoms. The maximum Gasteiger partial charge on any atom is 0.227 e. The van der Waals surface area contributed by atoms with Crippen LogP contribution in [0.5, 0.6) is 5.75 Å². The zero-order valence-electron chi connectivity index (χ0n) is 14.0. The van der Waals surface area contributed by atoms with Gasteiger partial charge in [0, 0.05) is 5.70 Å². The van der Waals surface area contributed by atoms with Crippen molar-refractivity contribution in [3.63, 3.8) is 0 Å². The summed E-state index contributed by atoms with van der Waals surface area (Å²) in [6.45, 7) is 0. The van der Waals surface area contributed by atoms with Gasteiger partial charge in [-0.15, -0.1) is 5.10 Å². The average Bonchev–Trinajstić information content (AvgIpc) is 3.11. The molecule has 5 nitrogen and oxygen atoms in total. The number of anilines is 1. The summed E-state index contributed by atoms with van der Waals surface area (Å²) in [7, 11) is 1.67. The monoisotopic (exact) mass is 350 g/mol. The van der Waals surface area contributed by atoms with Crippen molar-refractivity contribution in [3.8, 4) is 5.75 Å². The number of benzene rings is 2. The zero-order chi connectivity index (χ0) is 17.2. The molecule has 0 saturated carbocycles. The Balaban J connectivity index is 1.80. The third kappa shape index (κ3) is 3.00. The highest BCUT2D eigenvalue weighted by molar-refractivity contribution is 7.98. The van der Waals surface area contributed by atoms with Gasteiger partial charge in [0.2, 0.25) is 11.1 Å². The molecule has 0 fully saturated rings. The Bertz CT molecular complexity index is 903. The van der Waals surface area contributed by atoms with E-state index in [2.05, 4.69) is 45.7 Å². The highest BCUT2D eigenvalue weighted by Gasteiger charge is 2.25. The number of hydrogen-bond acceptors (Lipinski definition) is 5. The van der Waals surface area contributed by atoms with Gasteiger partial charge in [-0.2, -0.15) is 4.98 Å². The quantitative estimate of drug-likeness (QED) is 0.719. The van der Waals surface area contributed by atoms with E-state index >= 15 is 0 Å². The van der Waals surface area contributed by atoms with Crippen LogP contribution in [0, 0.1) is 0 Å². The lowest BCUT2D eigenvalue weighted by molar-refractivity contribution is 0.414. The van der Waals surface area contributed by atoms with E-state index in [0.717, 1.165) is 33.7 Å². The van der Waals surface area contributed by atoms with E-state index in [0.29, 0.717) is 0 Å². The van der Waals surface area contributed by atoms with Crippen LogP contribution >= 0.6 is 11.8 Å². The van der Waals surface area contributed by atoms with Crippen LogP contribution in [0.25, 0.3) is 5.70 Å². The summed E-state index contributed by atoms with van der Waals surface area (Å²) >= 11 is 1.54. The molecular weight excluding hydrogens is 332 g/mol. The van der Waals surface area contributed by atoms with Crippen molar-refractivity contribution < 1.29 is 4.74 Å². The normalized spacial score (nSPS) is 15.9. The van der Waals surface area contributed by atoms with Crippen molar-refractivity contribution >= 4 is 23.4 Å². The smallest absolute Gasteiger partial charge is 0.227 e. The number of fused-ring (bicyclic) bond motifs is 1. The lowest BCUT2D eigenvalue weighted by Gasteiger charge is -2.24. The molecule has 0 bridgehead atoms. The Kier molecular flexibility index (Phi) is 4.19. The van der Waals surface area contributed by atoms with E-state index in [4.69, 9.17) is 4.74 Å². The van der Waals surface area contributed by atoms with Gasteiger partial charge in [-0.25, -0.2) is 4.68 Å². The number of allylic oxidation sites excluding steroid dienone is 1. The van der Waals surface area contributed by atoms with Gasteiger partial charge in [0.1, 0.15) is 11.8 Å². The summed E-state index contributed by atoms with van der Waals surface area (Å²) in [6.07, 6.45) is 4.16. The summed E-state index contributed by atoms with van der Waals surface area (Å²) in [5.74, 6) is 1.60. The molecule has 2 heterocycles. The number of methoxy groups -OCH3 is 1. The highest BCUT2D eigenvalue weighted by atomic mass is 32.2. The minimum atomic E-state index is -0.0224. The molecule has 0 radical (unpaired) electrons. The van der Waals surface area contributed by atoms with Crippen molar-refractivity contribution in [3.05, 3.63) is 71.8 Å². The number of aromatic nitrogens is 3. The molecule has 0 amide bonds. The Morgan fingerprint density at radius 2 is 1.84 bits per heavy atom. The maximum absolute atomic E-state index is 5.27. The minimum absolute atomic E-state index is 0.0224. The van der Waals surface area contributed by atoms with Crippen LogP contribution in [0.2, 0.25) is 0 Å². The topological polar surface area (TPSA) is 52.0 Å². The van der Waals surface area contributed by atoms with Crippen molar-refractivity contribution in [2.45, 2.75) is 11.2 Å². The molecule has 126 valence electrons. The molecule has 0 saturated heterocycles. The number of hydrogen-bond donors (Lipinski definition) is 1. The van der Waals surface area contributed by atoms with E-state index in [9.17, 15) is 0 Å². The van der Waals surface area contributed by atoms with Crippen LogP contribution in [0.4, 0.5) is 5.95 Å². The van der Waals surface area contributed by atoms with E-state index in [1.807, 2.05) is 41.3 Å². The van der Waals surface area contributed by atoms with Crippen LogP contribution in [0.1, 0.15) is 17.2 Å². The van der Waals surface area contributed by atoms with Crippen LogP contribution in [0.15, 0.2) is 65.8 Å². The third-order valence-electron chi connectivity index (χ3n) is 4.17. The van der Waals surface area contributed by atoms with Gasteiger partial charge in [-0.1, -0.05) is 54.2 Å². The van der Waals surface area contributed by atoms with E-state index in [1.54, 1.807) is 7.11 Å². The van der Waals surface area contributed by atoms with Gasteiger partial charge in [0.15, 0.2) is 0 Å². The molecule has 1 aliphatic heterocycles.